The van der Waals surface area contributed by atoms with Gasteiger partial charge in [-0.05, 0) is 13.0 Å². The molecule has 0 bridgehead atoms. The summed E-state index contributed by atoms with van der Waals surface area (Å²) in [6.07, 6.45) is 0. The normalized spacial score (nSPS) is 9.73. The Morgan fingerprint density at radius 3 is 2.64 bits per heavy atom. The van der Waals surface area contributed by atoms with E-state index in [1.165, 1.54) is 4.90 Å². The second-order valence-corrected chi connectivity index (χ2v) is 2.64. The van der Waals surface area contributed by atoms with Gasteiger partial charge in [0.15, 0.2) is 0 Å². The largest absolute Gasteiger partial charge is 0.343 e. The summed E-state index contributed by atoms with van der Waals surface area (Å²) in [4.78, 5) is 12.7. The van der Waals surface area contributed by atoms with E-state index in [0.717, 1.165) is 5.69 Å². The van der Waals surface area contributed by atoms with Gasteiger partial charge in [-0.15, -0.1) is 0 Å². The number of amides is 1. The summed E-state index contributed by atoms with van der Waals surface area (Å²) in [5.74, 6) is -0.0747. The van der Waals surface area contributed by atoms with Crippen molar-refractivity contribution in [2.75, 3.05) is 14.1 Å². The summed E-state index contributed by atoms with van der Waals surface area (Å²) in [5, 5.41) is 6.53. The molecular weight excluding hydrogens is 142 g/mol. The summed E-state index contributed by atoms with van der Waals surface area (Å²) < 4.78 is 0. The molecule has 0 spiro atoms. The van der Waals surface area contributed by atoms with Gasteiger partial charge in [0, 0.05) is 19.8 Å². The Morgan fingerprint density at radius 2 is 2.27 bits per heavy atom. The molecule has 1 aromatic heterocycles. The van der Waals surface area contributed by atoms with Gasteiger partial charge in [0.05, 0.1) is 0 Å². The topological polar surface area (TPSA) is 49.0 Å². The van der Waals surface area contributed by atoms with Gasteiger partial charge in [0.1, 0.15) is 5.69 Å². The summed E-state index contributed by atoms with van der Waals surface area (Å²) in [6, 6.07) is 1.72. The number of hydrogen-bond acceptors (Lipinski definition) is 2. The van der Waals surface area contributed by atoms with Crippen LogP contribution in [0.1, 0.15) is 16.2 Å². The van der Waals surface area contributed by atoms with Gasteiger partial charge < -0.3 is 4.90 Å². The molecule has 0 aliphatic rings. The Labute approximate surface area is 65.2 Å². The van der Waals surface area contributed by atoms with Crippen LogP contribution in [0.25, 0.3) is 0 Å². The smallest absolute Gasteiger partial charge is 0.273 e. The van der Waals surface area contributed by atoms with Gasteiger partial charge in [-0.2, -0.15) is 5.10 Å². The van der Waals surface area contributed by atoms with Crippen molar-refractivity contribution in [3.63, 3.8) is 0 Å². The monoisotopic (exact) mass is 153 g/mol. The van der Waals surface area contributed by atoms with Crippen molar-refractivity contribution in [2.24, 2.45) is 0 Å². The lowest BCUT2D eigenvalue weighted by atomic mass is 10.3. The van der Waals surface area contributed by atoms with Gasteiger partial charge in [-0.1, -0.05) is 0 Å². The number of aryl methyl sites for hydroxylation is 1. The molecule has 0 saturated carbocycles. The van der Waals surface area contributed by atoms with Crippen LogP contribution < -0.4 is 0 Å². The number of rotatable bonds is 1. The Bertz CT molecular complexity index is 264. The molecular formula is C7H11N3O. The first-order chi connectivity index (χ1) is 5.11. The second kappa shape index (κ2) is 2.74. The fourth-order valence-corrected chi connectivity index (χ4v) is 0.757. The molecule has 11 heavy (non-hydrogen) atoms. The van der Waals surface area contributed by atoms with Crippen LogP contribution >= 0.6 is 0 Å². The molecule has 4 nitrogen and oxygen atoms in total. The van der Waals surface area contributed by atoms with Gasteiger partial charge in [0.25, 0.3) is 5.91 Å². The molecule has 60 valence electrons. The lowest BCUT2D eigenvalue weighted by Gasteiger charge is -2.05. The van der Waals surface area contributed by atoms with E-state index in [1.807, 2.05) is 6.92 Å². The van der Waals surface area contributed by atoms with E-state index in [0.29, 0.717) is 5.69 Å². The predicted molar refractivity (Wildman–Crippen MR) is 41.3 cm³/mol. The summed E-state index contributed by atoms with van der Waals surface area (Å²) >= 11 is 0. The molecule has 0 radical (unpaired) electrons. The van der Waals surface area contributed by atoms with Crippen LogP contribution in [-0.2, 0) is 0 Å². The zero-order valence-corrected chi connectivity index (χ0v) is 6.88. The third kappa shape index (κ3) is 1.58. The first kappa shape index (κ1) is 7.78. The number of carbonyl (C=O) groups excluding carboxylic acids is 1. The number of nitrogens with zero attached hydrogens (tertiary/aromatic N) is 2. The van der Waals surface area contributed by atoms with E-state index in [1.54, 1.807) is 20.2 Å². The molecule has 0 aromatic carbocycles. The maximum absolute atomic E-state index is 11.2. The van der Waals surface area contributed by atoms with E-state index < -0.39 is 0 Å². The molecule has 1 N–H and O–H groups in total. The number of aromatic nitrogens is 2. The number of carbonyl (C=O) groups is 1. The summed E-state index contributed by atoms with van der Waals surface area (Å²) in [6.45, 7) is 1.86. The van der Waals surface area contributed by atoms with Crippen LogP contribution in [0.2, 0.25) is 0 Å². The quantitative estimate of drug-likeness (QED) is 0.635. The molecule has 0 atom stereocenters. The molecule has 0 aliphatic heterocycles. The van der Waals surface area contributed by atoms with Gasteiger partial charge in [-0.25, -0.2) is 0 Å². The highest BCUT2D eigenvalue weighted by Crippen LogP contribution is 1.99. The SMILES string of the molecule is Cc1cc(C(=O)N(C)C)n[nH]1. The molecule has 0 saturated heterocycles. The lowest BCUT2D eigenvalue weighted by Crippen LogP contribution is -2.21. The van der Waals surface area contributed by atoms with E-state index in [9.17, 15) is 4.79 Å². The van der Waals surface area contributed by atoms with Gasteiger partial charge in [0.2, 0.25) is 0 Å². The van der Waals surface area contributed by atoms with E-state index in [4.69, 9.17) is 0 Å². The van der Waals surface area contributed by atoms with Crippen LogP contribution in [-0.4, -0.2) is 35.1 Å². The fourth-order valence-electron chi connectivity index (χ4n) is 0.757. The van der Waals surface area contributed by atoms with Crippen molar-refractivity contribution < 1.29 is 4.79 Å². The van der Waals surface area contributed by atoms with Crippen molar-refractivity contribution in [3.05, 3.63) is 17.5 Å². The van der Waals surface area contributed by atoms with Crippen molar-refractivity contribution >= 4 is 5.91 Å². The highest BCUT2D eigenvalue weighted by atomic mass is 16.2. The number of H-pyrrole nitrogens is 1. The standard InChI is InChI=1S/C7H11N3O/c1-5-4-6(9-8-5)7(11)10(2)3/h4H,1-3H3,(H,8,9). The number of nitrogens with one attached hydrogen (secondary N) is 1. The lowest BCUT2D eigenvalue weighted by molar-refractivity contribution is 0.0822. The van der Waals surface area contributed by atoms with Crippen molar-refractivity contribution in [2.45, 2.75) is 6.92 Å². The second-order valence-electron chi connectivity index (χ2n) is 2.64. The molecule has 0 unspecified atom stereocenters. The Balaban J connectivity index is 2.85. The molecule has 0 fully saturated rings. The van der Waals surface area contributed by atoms with Crippen LogP contribution in [0, 0.1) is 6.92 Å². The van der Waals surface area contributed by atoms with Crippen LogP contribution in [0.4, 0.5) is 0 Å². The molecule has 0 aliphatic carbocycles. The average Bonchev–Trinajstić information content (AvgIpc) is 2.34. The first-order valence-corrected chi connectivity index (χ1v) is 3.35. The number of aromatic amines is 1. The summed E-state index contributed by atoms with van der Waals surface area (Å²) in [5.41, 5.74) is 1.36. The van der Waals surface area contributed by atoms with E-state index in [2.05, 4.69) is 10.2 Å². The molecule has 1 heterocycles. The van der Waals surface area contributed by atoms with Crippen LogP contribution in [0.5, 0.6) is 0 Å². The van der Waals surface area contributed by atoms with Crippen molar-refractivity contribution in [3.8, 4) is 0 Å². The Kier molecular flexibility index (Phi) is 1.94. The average molecular weight is 153 g/mol. The highest BCUT2D eigenvalue weighted by Gasteiger charge is 2.09. The third-order valence-corrected chi connectivity index (χ3v) is 1.33. The zero-order valence-electron chi connectivity index (χ0n) is 6.88. The minimum atomic E-state index is -0.0747. The minimum absolute atomic E-state index is 0.0747. The van der Waals surface area contributed by atoms with Gasteiger partial charge in [-0.3, -0.25) is 9.89 Å². The number of hydrogen-bond donors (Lipinski definition) is 1. The minimum Gasteiger partial charge on any atom is -0.343 e. The van der Waals surface area contributed by atoms with Crippen LogP contribution in [0.15, 0.2) is 6.07 Å². The fraction of sp³-hybridized carbons (Fsp3) is 0.429. The van der Waals surface area contributed by atoms with E-state index in [-0.39, 0.29) is 5.91 Å². The Morgan fingerprint density at radius 1 is 1.64 bits per heavy atom. The van der Waals surface area contributed by atoms with Crippen LogP contribution in [0.3, 0.4) is 0 Å². The molecule has 4 heteroatoms. The maximum atomic E-state index is 11.2. The van der Waals surface area contributed by atoms with E-state index >= 15 is 0 Å². The summed E-state index contributed by atoms with van der Waals surface area (Å²) in [7, 11) is 3.40. The maximum Gasteiger partial charge on any atom is 0.273 e. The van der Waals surface area contributed by atoms with Gasteiger partial charge >= 0.3 is 0 Å². The Hall–Kier alpha value is -1.32. The molecule has 1 amide bonds. The third-order valence-electron chi connectivity index (χ3n) is 1.33. The van der Waals surface area contributed by atoms with Crippen molar-refractivity contribution in [1.82, 2.24) is 15.1 Å². The highest BCUT2D eigenvalue weighted by molar-refractivity contribution is 5.91. The first-order valence-electron chi connectivity index (χ1n) is 3.35. The zero-order chi connectivity index (χ0) is 8.43. The molecule has 1 aromatic rings. The van der Waals surface area contributed by atoms with Crippen molar-refractivity contribution in [1.29, 1.82) is 0 Å². The predicted octanol–water partition coefficient (Wildman–Crippen LogP) is 0.420. The molecule has 1 rings (SSSR count).